The Morgan fingerprint density at radius 3 is 2.67 bits per heavy atom. The molecule has 0 bridgehead atoms. The fourth-order valence-electron chi connectivity index (χ4n) is 2.10. The minimum Gasteiger partial charge on any atom is -0.326 e. The summed E-state index contributed by atoms with van der Waals surface area (Å²) in [6.07, 6.45) is 0.975. The predicted molar refractivity (Wildman–Crippen MR) is 75.9 cm³/mol. The molecule has 3 N–H and O–H groups in total. The van der Waals surface area contributed by atoms with Gasteiger partial charge in [-0.2, -0.15) is 0 Å². The van der Waals surface area contributed by atoms with Crippen molar-refractivity contribution >= 4 is 24.0 Å². The molecule has 100 valence electrons. The van der Waals surface area contributed by atoms with Crippen LogP contribution in [0.5, 0.6) is 0 Å². The quantitative estimate of drug-likeness (QED) is 0.874. The van der Waals surface area contributed by atoms with E-state index in [-0.39, 0.29) is 30.4 Å². The number of likely N-dealkylation sites (tertiary alicyclic amines) is 1. The summed E-state index contributed by atoms with van der Waals surface area (Å²) in [6.45, 7) is 3.64. The van der Waals surface area contributed by atoms with Gasteiger partial charge in [-0.15, -0.1) is 12.4 Å². The first-order valence-corrected chi connectivity index (χ1v) is 6.02. The minimum absolute atomic E-state index is 0. The summed E-state index contributed by atoms with van der Waals surface area (Å²) in [4.78, 5) is 14.1. The number of hydrogen-bond acceptors (Lipinski definition) is 3. The van der Waals surface area contributed by atoms with E-state index >= 15 is 0 Å². The molecule has 1 saturated heterocycles. The number of para-hydroxylation sites is 1. The standard InChI is InChI=1S/C13H19N3O.ClH/c1-10(16-8-7-11(14)9-16)13(17)15-12-5-3-2-4-6-12;/h2-6,10-11H,7-9,14H2,1H3,(H,15,17);1H/t10?,11-;/m0./s1. The van der Waals surface area contributed by atoms with Crippen LogP contribution in [0.3, 0.4) is 0 Å². The number of anilines is 1. The Labute approximate surface area is 114 Å². The molecular weight excluding hydrogens is 250 g/mol. The number of rotatable bonds is 3. The summed E-state index contributed by atoms with van der Waals surface area (Å²) in [5, 5.41) is 2.91. The molecule has 1 unspecified atom stereocenters. The SMILES string of the molecule is CC(C(=O)Nc1ccccc1)N1CC[C@H](N)C1.Cl. The molecule has 1 aliphatic rings. The number of hydrogen-bond donors (Lipinski definition) is 2. The molecule has 1 aliphatic heterocycles. The van der Waals surface area contributed by atoms with E-state index in [0.29, 0.717) is 0 Å². The van der Waals surface area contributed by atoms with E-state index in [1.165, 1.54) is 0 Å². The number of nitrogens with one attached hydrogen (secondary N) is 1. The second-order valence-electron chi connectivity index (χ2n) is 4.57. The van der Waals surface area contributed by atoms with Crippen LogP contribution in [0.2, 0.25) is 0 Å². The fourth-order valence-corrected chi connectivity index (χ4v) is 2.10. The fraction of sp³-hybridized carbons (Fsp3) is 0.462. The van der Waals surface area contributed by atoms with Crippen molar-refractivity contribution in [3.63, 3.8) is 0 Å². The predicted octanol–water partition coefficient (Wildman–Crippen LogP) is 1.47. The number of carbonyl (C=O) groups excluding carboxylic acids is 1. The van der Waals surface area contributed by atoms with Gasteiger partial charge in [0, 0.05) is 24.8 Å². The molecule has 0 spiro atoms. The molecule has 1 heterocycles. The van der Waals surface area contributed by atoms with Crippen molar-refractivity contribution in [1.82, 2.24) is 4.90 Å². The van der Waals surface area contributed by atoms with Crippen LogP contribution in [-0.4, -0.2) is 36.0 Å². The van der Waals surface area contributed by atoms with Crippen molar-refractivity contribution in [2.24, 2.45) is 5.73 Å². The molecule has 0 radical (unpaired) electrons. The first-order chi connectivity index (χ1) is 8.16. The minimum atomic E-state index is -0.122. The van der Waals surface area contributed by atoms with Gasteiger partial charge in [-0.25, -0.2) is 0 Å². The van der Waals surface area contributed by atoms with Crippen LogP contribution in [0, 0.1) is 0 Å². The summed E-state index contributed by atoms with van der Waals surface area (Å²) < 4.78 is 0. The van der Waals surface area contributed by atoms with Crippen molar-refractivity contribution < 1.29 is 4.79 Å². The molecule has 1 aromatic rings. The zero-order chi connectivity index (χ0) is 12.3. The second kappa shape index (κ2) is 6.73. The molecule has 4 nitrogen and oxygen atoms in total. The average molecular weight is 270 g/mol. The maximum Gasteiger partial charge on any atom is 0.241 e. The van der Waals surface area contributed by atoms with Crippen molar-refractivity contribution in [2.75, 3.05) is 18.4 Å². The highest BCUT2D eigenvalue weighted by Gasteiger charge is 2.27. The van der Waals surface area contributed by atoms with Gasteiger partial charge in [0.1, 0.15) is 0 Å². The summed E-state index contributed by atoms with van der Waals surface area (Å²) in [6, 6.07) is 9.61. The third kappa shape index (κ3) is 3.70. The Morgan fingerprint density at radius 2 is 2.11 bits per heavy atom. The molecule has 5 heteroatoms. The van der Waals surface area contributed by atoms with Crippen molar-refractivity contribution in [3.8, 4) is 0 Å². The van der Waals surface area contributed by atoms with E-state index in [9.17, 15) is 4.79 Å². The van der Waals surface area contributed by atoms with Gasteiger partial charge < -0.3 is 11.1 Å². The molecule has 0 aromatic heterocycles. The van der Waals surface area contributed by atoms with E-state index in [2.05, 4.69) is 10.2 Å². The van der Waals surface area contributed by atoms with Crippen LogP contribution in [0.1, 0.15) is 13.3 Å². The van der Waals surface area contributed by atoms with Gasteiger partial charge in [0.05, 0.1) is 6.04 Å². The number of amides is 1. The van der Waals surface area contributed by atoms with Gasteiger partial charge in [0.2, 0.25) is 5.91 Å². The summed E-state index contributed by atoms with van der Waals surface area (Å²) in [7, 11) is 0. The van der Waals surface area contributed by atoms with Gasteiger partial charge >= 0.3 is 0 Å². The molecule has 2 rings (SSSR count). The van der Waals surface area contributed by atoms with Gasteiger partial charge in [0.15, 0.2) is 0 Å². The van der Waals surface area contributed by atoms with E-state index in [1.54, 1.807) is 0 Å². The normalized spacial score (nSPS) is 21.1. The van der Waals surface area contributed by atoms with Gasteiger partial charge in [-0.05, 0) is 25.5 Å². The molecular formula is C13H20ClN3O. The average Bonchev–Trinajstić information content (AvgIpc) is 2.76. The van der Waals surface area contributed by atoms with Crippen LogP contribution in [0.4, 0.5) is 5.69 Å². The Kier molecular flexibility index (Phi) is 5.59. The smallest absolute Gasteiger partial charge is 0.241 e. The number of carbonyl (C=O) groups is 1. The molecule has 1 fully saturated rings. The van der Waals surface area contributed by atoms with Gasteiger partial charge in [0.25, 0.3) is 0 Å². The second-order valence-corrected chi connectivity index (χ2v) is 4.57. The summed E-state index contributed by atoms with van der Waals surface area (Å²) in [5.74, 6) is 0.0327. The number of nitrogens with two attached hydrogens (primary N) is 1. The number of benzene rings is 1. The molecule has 18 heavy (non-hydrogen) atoms. The van der Waals surface area contributed by atoms with Crippen LogP contribution in [-0.2, 0) is 4.79 Å². The Bertz CT molecular complexity index is 385. The zero-order valence-corrected chi connectivity index (χ0v) is 11.3. The highest BCUT2D eigenvalue weighted by molar-refractivity contribution is 5.94. The topological polar surface area (TPSA) is 58.4 Å². The lowest BCUT2D eigenvalue weighted by Gasteiger charge is -2.23. The van der Waals surface area contributed by atoms with Crippen LogP contribution >= 0.6 is 12.4 Å². The van der Waals surface area contributed by atoms with E-state index in [1.807, 2.05) is 37.3 Å². The first kappa shape index (κ1) is 15.0. The summed E-state index contributed by atoms with van der Waals surface area (Å²) in [5.41, 5.74) is 6.68. The first-order valence-electron chi connectivity index (χ1n) is 6.02. The van der Waals surface area contributed by atoms with E-state index < -0.39 is 0 Å². The molecule has 2 atom stereocenters. The monoisotopic (exact) mass is 269 g/mol. The maximum absolute atomic E-state index is 12.0. The van der Waals surface area contributed by atoms with Crippen LogP contribution in [0.25, 0.3) is 0 Å². The number of nitrogens with zero attached hydrogens (tertiary/aromatic N) is 1. The lowest BCUT2D eigenvalue weighted by Crippen LogP contribution is -2.41. The highest BCUT2D eigenvalue weighted by Crippen LogP contribution is 2.13. The maximum atomic E-state index is 12.0. The van der Waals surface area contributed by atoms with Crippen molar-refractivity contribution in [2.45, 2.75) is 25.4 Å². The van der Waals surface area contributed by atoms with Crippen LogP contribution < -0.4 is 11.1 Å². The van der Waals surface area contributed by atoms with E-state index in [4.69, 9.17) is 5.73 Å². The Balaban J connectivity index is 0.00000162. The van der Waals surface area contributed by atoms with Crippen molar-refractivity contribution in [3.05, 3.63) is 30.3 Å². The Morgan fingerprint density at radius 1 is 1.44 bits per heavy atom. The van der Waals surface area contributed by atoms with Crippen molar-refractivity contribution in [1.29, 1.82) is 0 Å². The Hall–Kier alpha value is -1.10. The lowest BCUT2D eigenvalue weighted by atomic mass is 10.2. The molecule has 0 aliphatic carbocycles. The third-order valence-corrected chi connectivity index (χ3v) is 3.22. The van der Waals surface area contributed by atoms with Gasteiger partial charge in [-0.1, -0.05) is 18.2 Å². The number of halogens is 1. The zero-order valence-electron chi connectivity index (χ0n) is 10.5. The van der Waals surface area contributed by atoms with E-state index in [0.717, 1.165) is 25.2 Å². The highest BCUT2D eigenvalue weighted by atomic mass is 35.5. The largest absolute Gasteiger partial charge is 0.326 e. The lowest BCUT2D eigenvalue weighted by molar-refractivity contribution is -0.120. The third-order valence-electron chi connectivity index (χ3n) is 3.22. The molecule has 0 saturated carbocycles. The summed E-state index contributed by atoms with van der Waals surface area (Å²) >= 11 is 0. The molecule has 1 aromatic carbocycles. The molecule has 1 amide bonds. The van der Waals surface area contributed by atoms with Crippen LogP contribution in [0.15, 0.2) is 30.3 Å². The van der Waals surface area contributed by atoms with Gasteiger partial charge in [-0.3, -0.25) is 9.69 Å².